The summed E-state index contributed by atoms with van der Waals surface area (Å²) >= 11 is 5.32. The zero-order valence-corrected chi connectivity index (χ0v) is 6.19. The Hall–Kier alpha value is 0.200. The predicted octanol–water partition coefficient (Wildman–Crippen LogP) is -0.269. The lowest BCUT2D eigenvalue weighted by atomic mass is 10.3. The van der Waals surface area contributed by atoms with Gasteiger partial charge >= 0.3 is 0 Å². The highest BCUT2D eigenvalue weighted by Gasteiger charge is 2.37. The van der Waals surface area contributed by atoms with E-state index in [0.717, 1.165) is 0 Å². The molecule has 0 aliphatic carbocycles. The van der Waals surface area contributed by atoms with Crippen molar-refractivity contribution in [1.29, 1.82) is 0 Å². The van der Waals surface area contributed by atoms with Gasteiger partial charge in [0.05, 0.1) is 11.9 Å². The van der Waals surface area contributed by atoms with Crippen LogP contribution in [0.3, 0.4) is 0 Å². The van der Waals surface area contributed by atoms with Gasteiger partial charge in [0.2, 0.25) is 0 Å². The average Bonchev–Trinajstić information content (AvgIpc) is 1.97. The molecule has 1 heterocycles. The molecule has 0 amide bonds. The maximum Gasteiger partial charge on any atom is 0.169 e. The van der Waals surface area contributed by atoms with Gasteiger partial charge in [0.15, 0.2) is 14.5 Å². The first kappa shape index (κ1) is 7.31. The number of aliphatic hydroxyl groups excluding tert-OH is 1. The van der Waals surface area contributed by atoms with Crippen LogP contribution in [0.15, 0.2) is 0 Å². The highest BCUT2D eigenvalue weighted by molar-refractivity contribution is 7.93. The molecule has 9 heavy (non-hydrogen) atoms. The summed E-state index contributed by atoms with van der Waals surface area (Å²) in [6.07, 6.45) is -0.590. The molecule has 1 rings (SSSR count). The smallest absolute Gasteiger partial charge is 0.169 e. The van der Waals surface area contributed by atoms with Crippen molar-refractivity contribution in [3.63, 3.8) is 0 Å². The molecule has 1 aliphatic heterocycles. The van der Waals surface area contributed by atoms with Gasteiger partial charge in [-0.2, -0.15) is 0 Å². The fourth-order valence-corrected chi connectivity index (χ4v) is 2.57. The lowest BCUT2D eigenvalue weighted by Crippen LogP contribution is -2.18. The predicted molar refractivity (Wildman–Crippen MR) is 34.1 cm³/mol. The summed E-state index contributed by atoms with van der Waals surface area (Å²) in [5, 5.41) is 8.82. The Morgan fingerprint density at radius 1 is 1.56 bits per heavy atom. The zero-order chi connectivity index (χ0) is 7.07. The van der Waals surface area contributed by atoms with E-state index in [9.17, 15) is 8.42 Å². The molecule has 1 N–H and O–H groups in total. The van der Waals surface area contributed by atoms with E-state index in [-0.39, 0.29) is 12.2 Å². The Kier molecular flexibility index (Phi) is 1.71. The van der Waals surface area contributed by atoms with Gasteiger partial charge in [0, 0.05) is 0 Å². The van der Waals surface area contributed by atoms with Crippen molar-refractivity contribution in [2.45, 2.75) is 17.2 Å². The highest BCUT2D eigenvalue weighted by atomic mass is 35.5. The first-order valence-corrected chi connectivity index (χ1v) is 4.73. The van der Waals surface area contributed by atoms with Crippen molar-refractivity contribution < 1.29 is 13.5 Å². The second-order valence-corrected chi connectivity index (χ2v) is 5.04. The Labute approximate surface area is 58.6 Å². The lowest BCUT2D eigenvalue weighted by molar-refractivity contribution is 0.193. The number of hydrogen-bond acceptors (Lipinski definition) is 3. The van der Waals surface area contributed by atoms with Crippen LogP contribution in [0.2, 0.25) is 0 Å². The van der Waals surface area contributed by atoms with E-state index in [4.69, 9.17) is 16.7 Å². The minimum absolute atomic E-state index is 0.0162. The number of hydrogen-bond donors (Lipinski definition) is 1. The number of halogens is 1. The van der Waals surface area contributed by atoms with E-state index in [0.29, 0.717) is 0 Å². The van der Waals surface area contributed by atoms with Gasteiger partial charge in [0.1, 0.15) is 0 Å². The Morgan fingerprint density at radius 3 is 2.22 bits per heavy atom. The van der Waals surface area contributed by atoms with E-state index < -0.39 is 20.7 Å². The van der Waals surface area contributed by atoms with Crippen molar-refractivity contribution in [2.24, 2.45) is 0 Å². The van der Waals surface area contributed by atoms with Crippen LogP contribution in [0.5, 0.6) is 0 Å². The Bertz CT molecular complexity index is 198. The van der Waals surface area contributed by atoms with Crippen molar-refractivity contribution >= 4 is 21.4 Å². The molecule has 0 aromatic heterocycles. The molecular weight excluding hydrogens is 164 g/mol. The Balaban J connectivity index is 2.87. The minimum Gasteiger partial charge on any atom is -0.390 e. The normalized spacial score (nSPS) is 41.1. The summed E-state index contributed by atoms with van der Waals surface area (Å²) in [5.74, 6) is 0.0162. The number of sulfone groups is 1. The summed E-state index contributed by atoms with van der Waals surface area (Å²) in [6.45, 7) is 0. The van der Waals surface area contributed by atoms with Gasteiger partial charge in [-0.25, -0.2) is 8.42 Å². The molecule has 0 saturated carbocycles. The maximum atomic E-state index is 10.7. The number of aliphatic hydroxyl groups is 1. The molecule has 2 atom stereocenters. The second-order valence-electron chi connectivity index (χ2n) is 2.07. The van der Waals surface area contributed by atoms with Gasteiger partial charge in [-0.3, -0.25) is 0 Å². The topological polar surface area (TPSA) is 54.4 Å². The monoisotopic (exact) mass is 170 g/mol. The molecule has 0 spiro atoms. The molecular formula is C4H7ClO3S. The first-order valence-electron chi connectivity index (χ1n) is 2.58. The highest BCUT2D eigenvalue weighted by Crippen LogP contribution is 2.23. The van der Waals surface area contributed by atoms with Crippen LogP contribution >= 0.6 is 11.6 Å². The molecule has 0 bridgehead atoms. The zero-order valence-electron chi connectivity index (χ0n) is 4.62. The third-order valence-electron chi connectivity index (χ3n) is 1.34. The molecule has 1 aliphatic rings. The van der Waals surface area contributed by atoms with Crippen LogP contribution in [-0.4, -0.2) is 30.1 Å². The van der Waals surface area contributed by atoms with Crippen LogP contribution in [0.1, 0.15) is 6.42 Å². The van der Waals surface area contributed by atoms with Crippen molar-refractivity contribution in [2.75, 3.05) is 5.75 Å². The summed E-state index contributed by atoms with van der Waals surface area (Å²) < 4.78 is 20.3. The van der Waals surface area contributed by atoms with Gasteiger partial charge in [0.25, 0.3) is 0 Å². The van der Waals surface area contributed by atoms with Crippen LogP contribution < -0.4 is 0 Å². The standard InChI is InChI=1S/C4H7ClO3S/c5-4-3(6)1-2-9(4,7)8/h3-4,6H,1-2H2/t3-,4-/m1/s1. The third kappa shape index (κ3) is 1.20. The Morgan fingerprint density at radius 2 is 2.11 bits per heavy atom. The van der Waals surface area contributed by atoms with E-state index >= 15 is 0 Å². The molecule has 1 saturated heterocycles. The molecule has 0 aromatic carbocycles. The van der Waals surface area contributed by atoms with Crippen molar-refractivity contribution in [3.8, 4) is 0 Å². The molecule has 0 unspecified atom stereocenters. The third-order valence-corrected chi connectivity index (χ3v) is 4.25. The summed E-state index contributed by atoms with van der Waals surface area (Å²) in [7, 11) is -3.16. The molecule has 1 fully saturated rings. The quantitative estimate of drug-likeness (QED) is 0.510. The number of alkyl halides is 1. The molecule has 5 heteroatoms. The fraction of sp³-hybridized carbons (Fsp3) is 1.00. The number of rotatable bonds is 0. The van der Waals surface area contributed by atoms with Crippen molar-refractivity contribution in [3.05, 3.63) is 0 Å². The molecule has 0 radical (unpaired) electrons. The summed E-state index contributed by atoms with van der Waals surface area (Å²) in [4.78, 5) is 0. The maximum absolute atomic E-state index is 10.7. The molecule has 54 valence electrons. The second kappa shape index (κ2) is 2.11. The molecule has 0 aromatic rings. The van der Waals surface area contributed by atoms with Crippen LogP contribution in [0.25, 0.3) is 0 Å². The van der Waals surface area contributed by atoms with E-state index in [1.165, 1.54) is 0 Å². The first-order chi connectivity index (χ1) is 4.04. The minimum atomic E-state index is -3.16. The van der Waals surface area contributed by atoms with Crippen molar-refractivity contribution in [1.82, 2.24) is 0 Å². The van der Waals surface area contributed by atoms with Gasteiger partial charge < -0.3 is 5.11 Å². The SMILES string of the molecule is O=S1(=O)CC[C@@H](O)[C@@H]1Cl. The fourth-order valence-electron chi connectivity index (χ4n) is 0.768. The van der Waals surface area contributed by atoms with Crippen LogP contribution in [0, 0.1) is 0 Å². The summed E-state index contributed by atoms with van der Waals surface area (Å²) in [5.41, 5.74) is 0. The van der Waals surface area contributed by atoms with Gasteiger partial charge in [-0.05, 0) is 6.42 Å². The largest absolute Gasteiger partial charge is 0.390 e. The lowest BCUT2D eigenvalue weighted by Gasteiger charge is -2.01. The van der Waals surface area contributed by atoms with E-state index in [1.807, 2.05) is 0 Å². The van der Waals surface area contributed by atoms with Crippen LogP contribution in [-0.2, 0) is 9.84 Å². The van der Waals surface area contributed by atoms with Gasteiger partial charge in [-0.1, -0.05) is 0 Å². The average molecular weight is 171 g/mol. The van der Waals surface area contributed by atoms with Crippen LogP contribution in [0.4, 0.5) is 0 Å². The molecule has 3 nitrogen and oxygen atoms in total. The van der Waals surface area contributed by atoms with E-state index in [1.54, 1.807) is 0 Å². The summed E-state index contributed by atoms with van der Waals surface area (Å²) in [6, 6.07) is 0. The van der Waals surface area contributed by atoms with E-state index in [2.05, 4.69) is 0 Å². The van der Waals surface area contributed by atoms with Gasteiger partial charge in [-0.15, -0.1) is 11.6 Å².